The molecule has 100 valence electrons. The zero-order valence-electron chi connectivity index (χ0n) is 10.3. The Balaban J connectivity index is 3.16. The second-order valence-corrected chi connectivity index (χ2v) is 4.86. The van der Waals surface area contributed by atoms with Gasteiger partial charge in [0.15, 0.2) is 0 Å². The molecule has 0 saturated heterocycles. The van der Waals surface area contributed by atoms with E-state index in [9.17, 15) is 14.3 Å². The molecule has 2 atom stereocenters. The van der Waals surface area contributed by atoms with Gasteiger partial charge < -0.3 is 10.2 Å². The van der Waals surface area contributed by atoms with Gasteiger partial charge in [0.05, 0.1) is 10.9 Å². The van der Waals surface area contributed by atoms with Crippen molar-refractivity contribution in [2.75, 3.05) is 0 Å². The number of aliphatic hydroxyl groups is 1. The van der Waals surface area contributed by atoms with Crippen molar-refractivity contribution in [3.63, 3.8) is 0 Å². The predicted octanol–water partition coefficient (Wildman–Crippen LogP) is 3.19. The van der Waals surface area contributed by atoms with Gasteiger partial charge >= 0.3 is 5.97 Å². The molecule has 0 spiro atoms. The number of benzene rings is 1. The predicted molar refractivity (Wildman–Crippen MR) is 67.0 cm³/mol. The maximum absolute atomic E-state index is 13.1. The first-order valence-electron chi connectivity index (χ1n) is 5.71. The first kappa shape index (κ1) is 14.9. The van der Waals surface area contributed by atoms with Crippen LogP contribution in [0.1, 0.15) is 32.3 Å². The zero-order valence-corrected chi connectivity index (χ0v) is 11.0. The highest BCUT2D eigenvalue weighted by Gasteiger charge is 2.38. The van der Waals surface area contributed by atoms with Crippen LogP contribution < -0.4 is 0 Å². The molecule has 5 heteroatoms. The lowest BCUT2D eigenvalue weighted by Gasteiger charge is -2.30. The van der Waals surface area contributed by atoms with E-state index in [4.69, 9.17) is 16.7 Å². The van der Waals surface area contributed by atoms with Gasteiger partial charge in [-0.25, -0.2) is 4.39 Å². The van der Waals surface area contributed by atoms with Crippen molar-refractivity contribution in [3.8, 4) is 0 Å². The van der Waals surface area contributed by atoms with Crippen molar-refractivity contribution < 1.29 is 19.4 Å². The summed E-state index contributed by atoms with van der Waals surface area (Å²) in [6.45, 7) is 3.24. The SMILES string of the molecule is CCCC(C(=O)O)C(C)(O)c1ccc(F)c(Cl)c1. The molecule has 0 heterocycles. The monoisotopic (exact) mass is 274 g/mol. The van der Waals surface area contributed by atoms with Crippen LogP contribution in [0.2, 0.25) is 5.02 Å². The normalized spacial score (nSPS) is 16.1. The van der Waals surface area contributed by atoms with E-state index in [1.165, 1.54) is 19.1 Å². The Bertz CT molecular complexity index is 446. The Hall–Kier alpha value is -1.13. The number of hydrogen-bond donors (Lipinski definition) is 2. The van der Waals surface area contributed by atoms with E-state index in [0.717, 1.165) is 6.07 Å². The minimum absolute atomic E-state index is 0.131. The van der Waals surface area contributed by atoms with Crippen LogP contribution >= 0.6 is 11.6 Å². The third kappa shape index (κ3) is 3.00. The highest BCUT2D eigenvalue weighted by molar-refractivity contribution is 6.30. The van der Waals surface area contributed by atoms with Gasteiger partial charge in [-0.05, 0) is 31.0 Å². The van der Waals surface area contributed by atoms with E-state index in [1.54, 1.807) is 0 Å². The number of halogens is 2. The van der Waals surface area contributed by atoms with Crippen molar-refractivity contribution in [2.45, 2.75) is 32.3 Å². The molecule has 0 bridgehead atoms. The lowest BCUT2D eigenvalue weighted by molar-refractivity contribution is -0.152. The lowest BCUT2D eigenvalue weighted by atomic mass is 9.80. The van der Waals surface area contributed by atoms with E-state index in [0.29, 0.717) is 18.4 Å². The maximum atomic E-state index is 13.1. The molecule has 0 fully saturated rings. The summed E-state index contributed by atoms with van der Waals surface area (Å²) in [6.07, 6.45) is 0.958. The van der Waals surface area contributed by atoms with E-state index in [2.05, 4.69) is 0 Å². The van der Waals surface area contributed by atoms with E-state index in [-0.39, 0.29) is 5.02 Å². The summed E-state index contributed by atoms with van der Waals surface area (Å²) in [5.41, 5.74) is -1.28. The number of rotatable bonds is 5. The first-order valence-corrected chi connectivity index (χ1v) is 6.09. The summed E-state index contributed by atoms with van der Waals surface area (Å²) < 4.78 is 13.1. The summed E-state index contributed by atoms with van der Waals surface area (Å²) in [6, 6.07) is 3.74. The van der Waals surface area contributed by atoms with Crippen molar-refractivity contribution >= 4 is 17.6 Å². The first-order chi connectivity index (χ1) is 8.30. The Morgan fingerprint density at radius 3 is 2.61 bits per heavy atom. The highest BCUT2D eigenvalue weighted by Crippen LogP contribution is 2.34. The number of carboxylic acid groups (broad SMARTS) is 1. The van der Waals surface area contributed by atoms with Crippen molar-refractivity contribution in [3.05, 3.63) is 34.6 Å². The Morgan fingerprint density at radius 1 is 1.56 bits per heavy atom. The summed E-state index contributed by atoms with van der Waals surface area (Å²) in [4.78, 5) is 11.2. The van der Waals surface area contributed by atoms with E-state index in [1.807, 2.05) is 6.92 Å². The average molecular weight is 275 g/mol. The van der Waals surface area contributed by atoms with Crippen LogP contribution in [-0.4, -0.2) is 16.2 Å². The fraction of sp³-hybridized carbons (Fsp3) is 0.462. The summed E-state index contributed by atoms with van der Waals surface area (Å²) >= 11 is 5.65. The molecule has 2 N–H and O–H groups in total. The van der Waals surface area contributed by atoms with E-state index >= 15 is 0 Å². The second kappa shape index (κ2) is 5.67. The number of carboxylic acids is 1. The minimum Gasteiger partial charge on any atom is -0.481 e. The number of carbonyl (C=O) groups is 1. The fourth-order valence-electron chi connectivity index (χ4n) is 1.95. The molecular weight excluding hydrogens is 259 g/mol. The zero-order chi connectivity index (χ0) is 13.9. The molecule has 3 nitrogen and oxygen atoms in total. The molecule has 1 aromatic rings. The van der Waals surface area contributed by atoms with Crippen LogP contribution in [0, 0.1) is 11.7 Å². The summed E-state index contributed by atoms with van der Waals surface area (Å²) in [7, 11) is 0. The third-order valence-corrected chi connectivity index (χ3v) is 3.35. The van der Waals surface area contributed by atoms with E-state index < -0.39 is 23.3 Å². The standard InChI is InChI=1S/C13H16ClFO3/c1-3-4-9(12(16)17)13(2,18)8-5-6-11(15)10(14)7-8/h5-7,9,18H,3-4H2,1-2H3,(H,16,17). The van der Waals surface area contributed by atoms with Gasteiger partial charge in [0.2, 0.25) is 0 Å². The Labute approximate surface area is 110 Å². The van der Waals surface area contributed by atoms with Gasteiger partial charge in [0, 0.05) is 0 Å². The lowest BCUT2D eigenvalue weighted by Crippen LogP contribution is -2.37. The molecule has 0 aliphatic heterocycles. The van der Waals surface area contributed by atoms with Gasteiger partial charge in [0.1, 0.15) is 11.4 Å². The van der Waals surface area contributed by atoms with Crippen molar-refractivity contribution in [1.29, 1.82) is 0 Å². The van der Waals surface area contributed by atoms with Gasteiger partial charge in [-0.1, -0.05) is 31.0 Å². The van der Waals surface area contributed by atoms with Gasteiger partial charge in [-0.2, -0.15) is 0 Å². The van der Waals surface area contributed by atoms with Crippen molar-refractivity contribution in [1.82, 2.24) is 0 Å². The minimum atomic E-state index is -1.58. The number of aliphatic carboxylic acids is 1. The third-order valence-electron chi connectivity index (χ3n) is 3.06. The molecule has 0 saturated carbocycles. The highest BCUT2D eigenvalue weighted by atomic mass is 35.5. The van der Waals surface area contributed by atoms with Crippen molar-refractivity contribution in [2.24, 2.45) is 5.92 Å². The smallest absolute Gasteiger partial charge is 0.309 e. The van der Waals surface area contributed by atoms with Crippen LogP contribution in [0.5, 0.6) is 0 Å². The van der Waals surface area contributed by atoms with Gasteiger partial charge in [-0.3, -0.25) is 4.79 Å². The molecule has 1 aromatic carbocycles. The Morgan fingerprint density at radius 2 is 2.17 bits per heavy atom. The molecule has 1 rings (SSSR count). The summed E-state index contributed by atoms with van der Waals surface area (Å²) in [5, 5.41) is 19.4. The van der Waals surface area contributed by atoms with Crippen LogP contribution in [0.3, 0.4) is 0 Å². The molecule has 0 amide bonds. The molecule has 18 heavy (non-hydrogen) atoms. The molecular formula is C13H16ClFO3. The van der Waals surface area contributed by atoms with Crippen LogP contribution in [0.15, 0.2) is 18.2 Å². The largest absolute Gasteiger partial charge is 0.481 e. The second-order valence-electron chi connectivity index (χ2n) is 4.46. The Kier molecular flexibility index (Phi) is 4.71. The average Bonchev–Trinajstić information content (AvgIpc) is 2.28. The molecule has 2 unspecified atom stereocenters. The van der Waals surface area contributed by atoms with Crippen LogP contribution in [0.4, 0.5) is 4.39 Å². The van der Waals surface area contributed by atoms with Crippen LogP contribution in [-0.2, 0) is 10.4 Å². The topological polar surface area (TPSA) is 57.5 Å². The number of hydrogen-bond acceptors (Lipinski definition) is 2. The van der Waals surface area contributed by atoms with Gasteiger partial charge in [0.25, 0.3) is 0 Å². The van der Waals surface area contributed by atoms with Crippen LogP contribution in [0.25, 0.3) is 0 Å². The molecule has 0 radical (unpaired) electrons. The quantitative estimate of drug-likeness (QED) is 0.867. The fourth-order valence-corrected chi connectivity index (χ4v) is 2.13. The molecule has 0 aliphatic carbocycles. The van der Waals surface area contributed by atoms with Gasteiger partial charge in [-0.15, -0.1) is 0 Å². The molecule has 0 aromatic heterocycles. The summed E-state index contributed by atoms with van der Waals surface area (Å²) in [5.74, 6) is -2.63. The maximum Gasteiger partial charge on any atom is 0.309 e. The molecule has 0 aliphatic rings.